The van der Waals surface area contributed by atoms with Gasteiger partial charge in [-0.1, -0.05) is 0 Å². The van der Waals surface area contributed by atoms with E-state index in [1.807, 2.05) is 0 Å². The maximum Gasteiger partial charge on any atom is 0.211 e. The fraction of sp³-hybridized carbons (Fsp3) is 1.00. The van der Waals surface area contributed by atoms with Crippen LogP contribution in [0.15, 0.2) is 0 Å². The summed E-state index contributed by atoms with van der Waals surface area (Å²) in [5.74, 6) is 0.449. The van der Waals surface area contributed by atoms with Crippen LogP contribution in [0.25, 0.3) is 0 Å². The zero-order valence-electron chi connectivity index (χ0n) is 12.0. The highest BCUT2D eigenvalue weighted by atomic mass is 32.2. The number of ether oxygens (including phenoxy) is 1. The van der Waals surface area contributed by atoms with Crippen LogP contribution in [-0.2, 0) is 14.8 Å². The Balaban J connectivity index is 1.74. The van der Waals surface area contributed by atoms with Crippen molar-refractivity contribution >= 4 is 10.0 Å². The molecule has 0 radical (unpaired) electrons. The van der Waals surface area contributed by atoms with E-state index in [2.05, 4.69) is 5.32 Å². The van der Waals surface area contributed by atoms with Crippen molar-refractivity contribution in [2.24, 2.45) is 5.92 Å². The molecule has 112 valence electrons. The first-order chi connectivity index (χ1) is 8.99. The highest BCUT2D eigenvalue weighted by Crippen LogP contribution is 2.23. The van der Waals surface area contributed by atoms with Gasteiger partial charge in [0.05, 0.1) is 12.4 Å². The molecule has 0 aromatic carbocycles. The molecule has 2 rings (SSSR count). The highest BCUT2D eigenvalue weighted by Gasteiger charge is 2.28. The summed E-state index contributed by atoms with van der Waals surface area (Å²) in [5.41, 5.74) is 0. The monoisotopic (exact) mass is 290 g/mol. The van der Waals surface area contributed by atoms with E-state index in [0.29, 0.717) is 31.2 Å². The molecule has 1 saturated heterocycles. The molecule has 1 aliphatic heterocycles. The number of hydrogen-bond donors (Lipinski definition) is 1. The van der Waals surface area contributed by atoms with Crippen LogP contribution < -0.4 is 5.32 Å². The minimum absolute atomic E-state index is 0.399. The fourth-order valence-electron chi connectivity index (χ4n) is 3.17. The third-order valence-corrected chi connectivity index (χ3v) is 5.63. The SMILES string of the molecule is COC1CCC(NCC2CCCN(S(C)(=O)=O)C2)C1. The number of rotatable bonds is 5. The van der Waals surface area contributed by atoms with Gasteiger partial charge in [-0.05, 0) is 44.6 Å². The maximum absolute atomic E-state index is 11.6. The summed E-state index contributed by atoms with van der Waals surface area (Å²) in [6.07, 6.45) is 7.19. The zero-order valence-corrected chi connectivity index (χ0v) is 12.8. The first-order valence-electron chi connectivity index (χ1n) is 7.20. The quantitative estimate of drug-likeness (QED) is 0.814. The topological polar surface area (TPSA) is 58.6 Å². The molecule has 3 atom stereocenters. The molecule has 2 aliphatic rings. The van der Waals surface area contributed by atoms with Gasteiger partial charge in [-0.15, -0.1) is 0 Å². The zero-order chi connectivity index (χ0) is 13.9. The average Bonchev–Trinajstić information content (AvgIpc) is 2.84. The van der Waals surface area contributed by atoms with Crippen LogP contribution in [0.3, 0.4) is 0 Å². The minimum atomic E-state index is -3.02. The number of sulfonamides is 1. The first kappa shape index (κ1) is 15.2. The second-order valence-electron chi connectivity index (χ2n) is 5.91. The molecule has 0 spiro atoms. The van der Waals surface area contributed by atoms with Crippen LogP contribution in [0.4, 0.5) is 0 Å². The van der Waals surface area contributed by atoms with Gasteiger partial charge in [-0.3, -0.25) is 0 Å². The molecular formula is C13H26N2O3S. The van der Waals surface area contributed by atoms with Crippen LogP contribution in [0, 0.1) is 5.92 Å². The van der Waals surface area contributed by atoms with Crippen molar-refractivity contribution in [1.29, 1.82) is 0 Å². The molecule has 0 amide bonds. The lowest BCUT2D eigenvalue weighted by Crippen LogP contribution is -2.43. The van der Waals surface area contributed by atoms with E-state index in [-0.39, 0.29) is 0 Å². The number of nitrogens with one attached hydrogen (secondary N) is 1. The number of nitrogens with zero attached hydrogens (tertiary/aromatic N) is 1. The van der Waals surface area contributed by atoms with Crippen LogP contribution in [0.5, 0.6) is 0 Å². The second-order valence-corrected chi connectivity index (χ2v) is 7.89. The Kier molecular flexibility index (Phi) is 5.22. The van der Waals surface area contributed by atoms with Crippen molar-refractivity contribution in [2.75, 3.05) is 33.0 Å². The Hall–Kier alpha value is -0.170. The van der Waals surface area contributed by atoms with Gasteiger partial charge in [-0.25, -0.2) is 12.7 Å². The molecule has 3 unspecified atom stereocenters. The Bertz CT molecular complexity index is 385. The minimum Gasteiger partial charge on any atom is -0.381 e. The van der Waals surface area contributed by atoms with E-state index in [1.54, 1.807) is 11.4 Å². The van der Waals surface area contributed by atoms with Crippen LogP contribution >= 0.6 is 0 Å². The van der Waals surface area contributed by atoms with Gasteiger partial charge in [0, 0.05) is 26.2 Å². The lowest BCUT2D eigenvalue weighted by atomic mass is 9.99. The van der Waals surface area contributed by atoms with Crippen molar-refractivity contribution < 1.29 is 13.2 Å². The van der Waals surface area contributed by atoms with Gasteiger partial charge in [-0.2, -0.15) is 0 Å². The third-order valence-electron chi connectivity index (χ3n) is 4.36. The van der Waals surface area contributed by atoms with Crippen molar-refractivity contribution in [3.63, 3.8) is 0 Å². The molecule has 0 aromatic heterocycles. The number of hydrogen-bond acceptors (Lipinski definition) is 4. The van der Waals surface area contributed by atoms with Crippen molar-refractivity contribution in [2.45, 2.75) is 44.2 Å². The van der Waals surface area contributed by atoms with Gasteiger partial charge < -0.3 is 10.1 Å². The summed E-state index contributed by atoms with van der Waals surface area (Å²) >= 11 is 0. The molecule has 1 heterocycles. The van der Waals surface area contributed by atoms with Gasteiger partial charge in [0.25, 0.3) is 0 Å². The van der Waals surface area contributed by atoms with Crippen LogP contribution in [0.2, 0.25) is 0 Å². The molecule has 1 saturated carbocycles. The Morgan fingerprint density at radius 1 is 1.32 bits per heavy atom. The third kappa shape index (κ3) is 4.41. The molecule has 0 bridgehead atoms. The van der Waals surface area contributed by atoms with Crippen molar-refractivity contribution in [1.82, 2.24) is 9.62 Å². The number of piperidine rings is 1. The summed E-state index contributed by atoms with van der Waals surface area (Å²) in [6.45, 7) is 2.28. The molecule has 0 aromatic rings. The Labute approximate surface area is 116 Å². The maximum atomic E-state index is 11.6. The standard InChI is InChI=1S/C13H26N2O3S/c1-18-13-6-5-12(8-13)14-9-11-4-3-7-15(10-11)19(2,16)17/h11-14H,3-10H2,1-2H3. The smallest absolute Gasteiger partial charge is 0.211 e. The molecule has 19 heavy (non-hydrogen) atoms. The van der Waals surface area contributed by atoms with E-state index in [9.17, 15) is 8.42 Å². The van der Waals surface area contributed by atoms with Gasteiger partial charge >= 0.3 is 0 Å². The number of methoxy groups -OCH3 is 1. The lowest BCUT2D eigenvalue weighted by Gasteiger charge is -2.31. The van der Waals surface area contributed by atoms with Crippen LogP contribution in [0.1, 0.15) is 32.1 Å². The molecule has 1 aliphatic carbocycles. The average molecular weight is 290 g/mol. The van der Waals surface area contributed by atoms with E-state index < -0.39 is 10.0 Å². The second kappa shape index (κ2) is 6.52. The predicted octanol–water partition coefficient (Wildman–Crippen LogP) is 0.815. The van der Waals surface area contributed by atoms with E-state index in [4.69, 9.17) is 4.74 Å². The summed E-state index contributed by atoms with van der Waals surface area (Å²) in [4.78, 5) is 0. The Morgan fingerprint density at radius 3 is 2.74 bits per heavy atom. The predicted molar refractivity (Wildman–Crippen MR) is 75.6 cm³/mol. The summed E-state index contributed by atoms with van der Waals surface area (Å²) in [6, 6.07) is 0.540. The van der Waals surface area contributed by atoms with Crippen LogP contribution in [-0.4, -0.2) is 57.9 Å². The summed E-state index contributed by atoms with van der Waals surface area (Å²) < 4.78 is 30.1. The van der Waals surface area contributed by atoms with Gasteiger partial charge in [0.2, 0.25) is 10.0 Å². The highest BCUT2D eigenvalue weighted by molar-refractivity contribution is 7.88. The van der Waals surface area contributed by atoms with Gasteiger partial charge in [0.1, 0.15) is 0 Å². The molecule has 2 fully saturated rings. The summed E-state index contributed by atoms with van der Waals surface area (Å²) in [7, 11) is -1.25. The Morgan fingerprint density at radius 2 is 2.11 bits per heavy atom. The van der Waals surface area contributed by atoms with Crippen molar-refractivity contribution in [3.05, 3.63) is 0 Å². The van der Waals surface area contributed by atoms with E-state index in [1.165, 1.54) is 12.7 Å². The normalized spacial score (nSPS) is 33.7. The first-order valence-corrected chi connectivity index (χ1v) is 9.05. The van der Waals surface area contributed by atoms with E-state index >= 15 is 0 Å². The fourth-order valence-corrected chi connectivity index (χ4v) is 4.11. The van der Waals surface area contributed by atoms with Gasteiger partial charge in [0.15, 0.2) is 0 Å². The molecule has 5 nitrogen and oxygen atoms in total. The summed E-state index contributed by atoms with van der Waals surface area (Å²) in [5, 5.41) is 3.59. The van der Waals surface area contributed by atoms with E-state index in [0.717, 1.165) is 32.2 Å². The largest absolute Gasteiger partial charge is 0.381 e. The molecular weight excluding hydrogens is 264 g/mol. The molecule has 6 heteroatoms. The lowest BCUT2D eigenvalue weighted by molar-refractivity contribution is 0.106. The molecule has 1 N–H and O–H groups in total. The van der Waals surface area contributed by atoms with Crippen molar-refractivity contribution in [3.8, 4) is 0 Å².